The van der Waals surface area contributed by atoms with E-state index in [1.54, 1.807) is 0 Å². The van der Waals surface area contributed by atoms with Crippen LogP contribution in [0.2, 0.25) is 0 Å². The van der Waals surface area contributed by atoms with Gasteiger partial charge in [-0.15, -0.1) is 12.4 Å². The lowest BCUT2D eigenvalue weighted by Gasteiger charge is -2.18. The molecule has 2 fully saturated rings. The summed E-state index contributed by atoms with van der Waals surface area (Å²) in [6.45, 7) is 0.446. The first-order valence-electron chi connectivity index (χ1n) is 4.01. The fraction of sp³-hybridized carbons (Fsp3) is 1.00. The molecule has 0 amide bonds. The van der Waals surface area contributed by atoms with Crippen LogP contribution in [-0.2, 0) is 0 Å². The Morgan fingerprint density at radius 1 is 1.20 bits per heavy atom. The standard InChI is InChI=1S/C8H14O.ClH/c9-5-8-4-6-1-2-7(8)3-6;/h6-9H,1-5H2;1H. The van der Waals surface area contributed by atoms with Gasteiger partial charge in [-0.1, -0.05) is 6.42 Å². The Morgan fingerprint density at radius 2 is 2.00 bits per heavy atom. The lowest BCUT2D eigenvalue weighted by Crippen LogP contribution is -2.13. The van der Waals surface area contributed by atoms with Crippen LogP contribution in [0.25, 0.3) is 0 Å². The smallest absolute Gasteiger partial charge is 0.0462 e. The second-order valence-electron chi connectivity index (χ2n) is 3.62. The Balaban J connectivity index is 0.000000500. The first kappa shape index (κ1) is 8.35. The molecule has 0 aromatic rings. The average molecular weight is 163 g/mol. The molecule has 0 radical (unpaired) electrons. The first-order chi connectivity index (χ1) is 4.40. The molecule has 2 saturated carbocycles. The van der Waals surface area contributed by atoms with Gasteiger partial charge in [-0.25, -0.2) is 0 Å². The predicted molar refractivity (Wildman–Crippen MR) is 43.3 cm³/mol. The second-order valence-corrected chi connectivity index (χ2v) is 3.62. The highest BCUT2D eigenvalue weighted by atomic mass is 35.5. The number of aliphatic hydroxyl groups excluding tert-OH is 1. The Kier molecular flexibility index (Phi) is 2.59. The van der Waals surface area contributed by atoms with E-state index in [-0.39, 0.29) is 12.4 Å². The Hall–Kier alpha value is 0.250. The minimum absolute atomic E-state index is 0. The predicted octanol–water partition coefficient (Wildman–Crippen LogP) is 1.84. The fourth-order valence-corrected chi connectivity index (χ4v) is 2.60. The molecule has 1 N–H and O–H groups in total. The van der Waals surface area contributed by atoms with E-state index in [9.17, 15) is 0 Å². The summed E-state index contributed by atoms with van der Waals surface area (Å²) in [6.07, 6.45) is 5.59. The van der Waals surface area contributed by atoms with Gasteiger partial charge in [0.25, 0.3) is 0 Å². The third kappa shape index (κ3) is 1.17. The lowest BCUT2D eigenvalue weighted by atomic mass is 9.90. The van der Waals surface area contributed by atoms with Crippen molar-refractivity contribution >= 4 is 12.4 Å². The lowest BCUT2D eigenvalue weighted by molar-refractivity contribution is 0.177. The third-order valence-corrected chi connectivity index (χ3v) is 3.12. The zero-order valence-electron chi connectivity index (χ0n) is 6.12. The van der Waals surface area contributed by atoms with Gasteiger partial charge in [0, 0.05) is 6.61 Å². The molecular weight excluding hydrogens is 148 g/mol. The van der Waals surface area contributed by atoms with E-state index in [0.29, 0.717) is 12.5 Å². The summed E-state index contributed by atoms with van der Waals surface area (Å²) in [7, 11) is 0. The van der Waals surface area contributed by atoms with Gasteiger partial charge >= 0.3 is 0 Å². The molecule has 3 unspecified atom stereocenters. The van der Waals surface area contributed by atoms with Crippen molar-refractivity contribution in [1.29, 1.82) is 0 Å². The zero-order valence-corrected chi connectivity index (χ0v) is 6.94. The van der Waals surface area contributed by atoms with Gasteiger partial charge in [0.2, 0.25) is 0 Å². The maximum absolute atomic E-state index is 8.89. The monoisotopic (exact) mass is 162 g/mol. The average Bonchev–Trinajstić information content (AvgIpc) is 2.45. The molecule has 1 nitrogen and oxygen atoms in total. The van der Waals surface area contributed by atoms with E-state index >= 15 is 0 Å². The highest BCUT2D eigenvalue weighted by Crippen LogP contribution is 2.47. The van der Waals surface area contributed by atoms with Gasteiger partial charge in [0.1, 0.15) is 0 Å². The van der Waals surface area contributed by atoms with Gasteiger partial charge in [-0.05, 0) is 37.0 Å². The van der Waals surface area contributed by atoms with E-state index in [2.05, 4.69) is 0 Å². The molecule has 2 bridgehead atoms. The summed E-state index contributed by atoms with van der Waals surface area (Å²) in [5.41, 5.74) is 0. The first-order valence-corrected chi connectivity index (χ1v) is 4.01. The van der Waals surface area contributed by atoms with E-state index in [4.69, 9.17) is 5.11 Å². The normalized spacial score (nSPS) is 43.5. The largest absolute Gasteiger partial charge is 0.396 e. The number of hydrogen-bond acceptors (Lipinski definition) is 1. The van der Waals surface area contributed by atoms with E-state index in [1.807, 2.05) is 0 Å². The van der Waals surface area contributed by atoms with Crippen LogP contribution in [0.15, 0.2) is 0 Å². The van der Waals surface area contributed by atoms with Crippen LogP contribution >= 0.6 is 12.4 Å². The van der Waals surface area contributed by atoms with Gasteiger partial charge in [-0.2, -0.15) is 0 Å². The Morgan fingerprint density at radius 3 is 2.30 bits per heavy atom. The molecule has 0 aliphatic heterocycles. The molecule has 2 aliphatic carbocycles. The van der Waals surface area contributed by atoms with Crippen LogP contribution in [0.4, 0.5) is 0 Å². The number of aliphatic hydroxyl groups is 1. The molecule has 0 aromatic carbocycles. The molecule has 2 rings (SSSR count). The summed E-state index contributed by atoms with van der Waals surface area (Å²) in [5, 5.41) is 8.89. The molecule has 2 aliphatic rings. The van der Waals surface area contributed by atoms with E-state index in [1.165, 1.54) is 25.7 Å². The summed E-state index contributed by atoms with van der Waals surface area (Å²) < 4.78 is 0. The SMILES string of the molecule is Cl.OCC1CC2CCC1C2. The van der Waals surface area contributed by atoms with Crippen molar-refractivity contribution in [2.24, 2.45) is 17.8 Å². The minimum atomic E-state index is 0. The third-order valence-electron chi connectivity index (χ3n) is 3.12. The van der Waals surface area contributed by atoms with Crippen LogP contribution in [0.5, 0.6) is 0 Å². The molecule has 2 heteroatoms. The molecular formula is C8H15ClO. The minimum Gasteiger partial charge on any atom is -0.396 e. The zero-order chi connectivity index (χ0) is 6.27. The van der Waals surface area contributed by atoms with Crippen molar-refractivity contribution in [3.05, 3.63) is 0 Å². The Bertz CT molecular complexity index is 116. The van der Waals surface area contributed by atoms with Gasteiger partial charge in [0.05, 0.1) is 0 Å². The highest BCUT2D eigenvalue weighted by Gasteiger charge is 2.38. The van der Waals surface area contributed by atoms with Crippen molar-refractivity contribution in [3.8, 4) is 0 Å². The number of hydrogen-bond donors (Lipinski definition) is 1. The summed E-state index contributed by atoms with van der Waals surface area (Å²) in [6, 6.07) is 0. The molecule has 0 spiro atoms. The van der Waals surface area contributed by atoms with Crippen LogP contribution in [-0.4, -0.2) is 11.7 Å². The van der Waals surface area contributed by atoms with E-state index in [0.717, 1.165) is 11.8 Å². The molecule has 0 saturated heterocycles. The van der Waals surface area contributed by atoms with Crippen molar-refractivity contribution in [3.63, 3.8) is 0 Å². The molecule has 0 heterocycles. The number of halogens is 1. The van der Waals surface area contributed by atoms with Crippen LogP contribution in [0.3, 0.4) is 0 Å². The van der Waals surface area contributed by atoms with Crippen LogP contribution in [0.1, 0.15) is 25.7 Å². The quantitative estimate of drug-likeness (QED) is 0.624. The van der Waals surface area contributed by atoms with Gasteiger partial charge in [0.15, 0.2) is 0 Å². The van der Waals surface area contributed by atoms with Gasteiger partial charge < -0.3 is 5.11 Å². The number of fused-ring (bicyclic) bond motifs is 2. The second kappa shape index (κ2) is 3.10. The maximum atomic E-state index is 8.89. The molecule has 60 valence electrons. The van der Waals surface area contributed by atoms with Crippen LogP contribution < -0.4 is 0 Å². The van der Waals surface area contributed by atoms with Crippen molar-refractivity contribution in [2.45, 2.75) is 25.7 Å². The maximum Gasteiger partial charge on any atom is 0.0462 e. The fourth-order valence-electron chi connectivity index (χ4n) is 2.60. The highest BCUT2D eigenvalue weighted by molar-refractivity contribution is 5.85. The molecule has 0 aromatic heterocycles. The summed E-state index contributed by atoms with van der Waals surface area (Å²) in [4.78, 5) is 0. The van der Waals surface area contributed by atoms with Gasteiger partial charge in [-0.3, -0.25) is 0 Å². The van der Waals surface area contributed by atoms with E-state index < -0.39 is 0 Å². The summed E-state index contributed by atoms with van der Waals surface area (Å²) in [5.74, 6) is 2.58. The Labute approximate surface area is 68.2 Å². The number of rotatable bonds is 1. The summed E-state index contributed by atoms with van der Waals surface area (Å²) >= 11 is 0. The topological polar surface area (TPSA) is 20.2 Å². The van der Waals surface area contributed by atoms with Crippen LogP contribution in [0, 0.1) is 17.8 Å². The molecule has 3 atom stereocenters. The van der Waals surface area contributed by atoms with Crippen molar-refractivity contribution in [2.75, 3.05) is 6.61 Å². The molecule has 10 heavy (non-hydrogen) atoms. The van der Waals surface area contributed by atoms with Crippen molar-refractivity contribution < 1.29 is 5.11 Å². The van der Waals surface area contributed by atoms with Crippen molar-refractivity contribution in [1.82, 2.24) is 0 Å².